The summed E-state index contributed by atoms with van der Waals surface area (Å²) in [5.74, 6) is 0. The van der Waals surface area contributed by atoms with E-state index in [1.54, 1.807) is 23.8 Å². The van der Waals surface area contributed by atoms with Gasteiger partial charge in [-0.2, -0.15) is 5.26 Å². The van der Waals surface area contributed by atoms with E-state index in [0.717, 1.165) is 11.8 Å². The summed E-state index contributed by atoms with van der Waals surface area (Å²) >= 11 is 5.78. The third-order valence-electron chi connectivity index (χ3n) is 4.48. The Morgan fingerprint density at radius 2 is 2.17 bits per heavy atom. The largest absolute Gasteiger partial charge is 0.394 e. The van der Waals surface area contributed by atoms with Gasteiger partial charge in [0.2, 0.25) is 0 Å². The molecule has 3 aromatic heterocycles. The van der Waals surface area contributed by atoms with Gasteiger partial charge in [-0.3, -0.25) is 0 Å². The monoisotopic (exact) mass is 510 g/mol. The van der Waals surface area contributed by atoms with E-state index >= 15 is 0 Å². The molecule has 0 unspecified atom stereocenters. The fourth-order valence-electron chi connectivity index (χ4n) is 3.07. The molecule has 156 valence electrons. The highest BCUT2D eigenvalue weighted by Crippen LogP contribution is 2.39. The van der Waals surface area contributed by atoms with E-state index in [1.807, 2.05) is 6.07 Å². The van der Waals surface area contributed by atoms with Crippen molar-refractivity contribution in [1.29, 1.82) is 5.26 Å². The minimum Gasteiger partial charge on any atom is -0.394 e. The molecule has 5 atom stereocenters. The minimum atomic E-state index is -1.23. The Bertz CT molecular complexity index is 1060. The fraction of sp³-hybridized carbons (Fsp3) is 0.353. The molecule has 10 nitrogen and oxygen atoms in total. The number of aliphatic hydroxyl groups excluding tert-OH is 3. The molecule has 0 aliphatic carbocycles. The molecule has 0 bridgehead atoms. The highest BCUT2D eigenvalue weighted by molar-refractivity contribution is 9.10. The first-order valence-corrected chi connectivity index (χ1v) is 11.2. The molecule has 30 heavy (non-hydrogen) atoms. The Morgan fingerprint density at radius 1 is 1.33 bits per heavy atom. The Kier molecular flexibility index (Phi) is 6.44. The minimum absolute atomic E-state index is 0.175. The second-order valence-electron chi connectivity index (χ2n) is 6.35. The maximum absolute atomic E-state index is 11.0. The van der Waals surface area contributed by atoms with Crippen LogP contribution in [0.5, 0.6) is 0 Å². The maximum atomic E-state index is 11.0. The molecule has 1 aliphatic rings. The van der Waals surface area contributed by atoms with Crippen LogP contribution >= 0.6 is 39.0 Å². The normalized spacial score (nSPS) is 26.4. The first-order valence-electron chi connectivity index (χ1n) is 8.68. The zero-order chi connectivity index (χ0) is 21.3. The maximum Gasteiger partial charge on any atom is 0.154 e. The summed E-state index contributed by atoms with van der Waals surface area (Å²) in [6.45, 7) is -0.461. The number of halogens is 1. The van der Waals surface area contributed by atoms with Gasteiger partial charge in [0.1, 0.15) is 46.6 Å². The highest BCUT2D eigenvalue weighted by atomic mass is 79.9. The summed E-state index contributed by atoms with van der Waals surface area (Å²) in [5.41, 5.74) is -0.219. The summed E-state index contributed by atoms with van der Waals surface area (Å²) < 4.78 is 7.74. The fourth-order valence-corrected chi connectivity index (χ4v) is 5.29. The average Bonchev–Trinajstić information content (AvgIpc) is 3.42. The van der Waals surface area contributed by atoms with Crippen LogP contribution < -0.4 is 0 Å². The number of thiazole rings is 1. The lowest BCUT2D eigenvalue weighted by Gasteiger charge is -2.41. The summed E-state index contributed by atoms with van der Waals surface area (Å²) in [6.07, 6.45) is 1.31. The van der Waals surface area contributed by atoms with Gasteiger partial charge >= 0.3 is 0 Å². The zero-order valence-electron chi connectivity index (χ0n) is 15.1. The summed E-state index contributed by atoms with van der Waals surface area (Å²) in [5, 5.41) is 51.3. The van der Waals surface area contributed by atoms with Gasteiger partial charge in [0.15, 0.2) is 5.69 Å². The van der Waals surface area contributed by atoms with E-state index in [1.165, 1.54) is 22.2 Å². The second kappa shape index (κ2) is 9.06. The van der Waals surface area contributed by atoms with Crippen molar-refractivity contribution in [3.05, 3.63) is 40.2 Å². The van der Waals surface area contributed by atoms with E-state index < -0.39 is 36.4 Å². The van der Waals surface area contributed by atoms with Crippen LogP contribution in [0.1, 0.15) is 11.7 Å². The Hall–Kier alpha value is -1.92. The third-order valence-corrected chi connectivity index (χ3v) is 6.90. The Balaban J connectivity index is 1.64. The van der Waals surface area contributed by atoms with Crippen molar-refractivity contribution in [2.45, 2.75) is 34.7 Å². The molecule has 1 saturated heterocycles. The molecule has 13 heteroatoms. The summed E-state index contributed by atoms with van der Waals surface area (Å²) in [6, 6.07) is 2.76. The van der Waals surface area contributed by atoms with Gasteiger partial charge in [-0.05, 0) is 22.0 Å². The molecule has 4 heterocycles. The van der Waals surface area contributed by atoms with Crippen LogP contribution in [0.3, 0.4) is 0 Å². The molecule has 0 aromatic carbocycles. The third kappa shape index (κ3) is 4.12. The van der Waals surface area contributed by atoms with Crippen LogP contribution in [0.4, 0.5) is 0 Å². The van der Waals surface area contributed by atoms with Crippen LogP contribution in [-0.4, -0.2) is 70.6 Å². The number of hydrogen-bond donors (Lipinski definition) is 3. The van der Waals surface area contributed by atoms with Crippen molar-refractivity contribution in [1.82, 2.24) is 25.0 Å². The van der Waals surface area contributed by atoms with Crippen molar-refractivity contribution in [2.24, 2.45) is 0 Å². The van der Waals surface area contributed by atoms with E-state index in [4.69, 9.17) is 4.74 Å². The van der Waals surface area contributed by atoms with E-state index in [0.29, 0.717) is 20.1 Å². The first-order chi connectivity index (χ1) is 14.5. The van der Waals surface area contributed by atoms with Crippen molar-refractivity contribution < 1.29 is 20.1 Å². The number of aromatic nitrogens is 5. The number of aliphatic hydroxyl groups is 3. The van der Waals surface area contributed by atoms with Gasteiger partial charge in [0, 0.05) is 27.1 Å². The van der Waals surface area contributed by atoms with E-state index in [2.05, 4.69) is 36.2 Å². The van der Waals surface area contributed by atoms with Gasteiger partial charge in [0.05, 0.1) is 12.8 Å². The van der Waals surface area contributed by atoms with Crippen molar-refractivity contribution >= 4 is 39.0 Å². The van der Waals surface area contributed by atoms with Crippen LogP contribution in [0.2, 0.25) is 0 Å². The van der Waals surface area contributed by atoms with Crippen molar-refractivity contribution in [3.8, 4) is 16.8 Å². The van der Waals surface area contributed by atoms with Crippen molar-refractivity contribution in [3.63, 3.8) is 0 Å². The standard InChI is InChI=1S/C17H15BrN6O4S2/c18-8-3-12(9(4-19)21-5-8)30-17-15(27)13(14(26)11(7-25)28-17)24-6-10(22-23-24)16-20-1-2-29-16/h1-3,5-6,11,13-15,17,25-27H,7H2/t11-,13+,14+,15-,17-/m1/s1. The lowest BCUT2D eigenvalue weighted by molar-refractivity contribution is -0.178. The van der Waals surface area contributed by atoms with Crippen molar-refractivity contribution in [2.75, 3.05) is 6.61 Å². The number of hydrogen-bond acceptors (Lipinski definition) is 11. The zero-order valence-corrected chi connectivity index (χ0v) is 18.3. The topological polar surface area (TPSA) is 150 Å². The molecule has 0 spiro atoms. The van der Waals surface area contributed by atoms with E-state index in [-0.39, 0.29) is 5.69 Å². The lowest BCUT2D eigenvalue weighted by Crippen LogP contribution is -2.55. The van der Waals surface area contributed by atoms with Gasteiger partial charge in [0.25, 0.3) is 0 Å². The molecule has 3 aromatic rings. The van der Waals surface area contributed by atoms with Crippen LogP contribution in [0, 0.1) is 11.3 Å². The van der Waals surface area contributed by atoms with Crippen LogP contribution in [-0.2, 0) is 4.74 Å². The molecule has 0 amide bonds. The van der Waals surface area contributed by atoms with E-state index in [9.17, 15) is 20.6 Å². The second-order valence-corrected chi connectivity index (χ2v) is 9.30. The molecule has 4 rings (SSSR count). The number of rotatable bonds is 5. The molecule has 1 aliphatic heterocycles. The van der Waals surface area contributed by atoms with Crippen LogP contribution in [0.25, 0.3) is 10.7 Å². The van der Waals surface area contributed by atoms with Gasteiger partial charge in [-0.15, -0.1) is 16.4 Å². The lowest BCUT2D eigenvalue weighted by atomic mass is 9.97. The van der Waals surface area contributed by atoms with Gasteiger partial charge in [-0.1, -0.05) is 17.0 Å². The predicted molar refractivity (Wildman–Crippen MR) is 110 cm³/mol. The molecule has 0 radical (unpaired) electrons. The molecular formula is C17H15BrN6O4S2. The number of nitrogens with zero attached hydrogens (tertiary/aromatic N) is 6. The SMILES string of the molecule is N#Cc1ncc(Br)cc1S[C@H]1O[C@H](CO)[C@H](O)[C@H](n2cc(-c3nccs3)nn2)[C@H]1O. The quantitative estimate of drug-likeness (QED) is 0.456. The number of pyridine rings is 1. The Morgan fingerprint density at radius 3 is 2.87 bits per heavy atom. The number of nitriles is 1. The number of ether oxygens (including phenoxy) is 1. The molecular weight excluding hydrogens is 496 g/mol. The first kappa shape index (κ1) is 21.3. The molecule has 3 N–H and O–H groups in total. The summed E-state index contributed by atoms with van der Waals surface area (Å²) in [7, 11) is 0. The summed E-state index contributed by atoms with van der Waals surface area (Å²) in [4.78, 5) is 8.72. The smallest absolute Gasteiger partial charge is 0.154 e. The average molecular weight is 511 g/mol. The number of thioether (sulfide) groups is 1. The Labute approximate surface area is 187 Å². The highest BCUT2D eigenvalue weighted by Gasteiger charge is 2.46. The molecule has 1 fully saturated rings. The predicted octanol–water partition coefficient (Wildman–Crippen LogP) is 1.20. The van der Waals surface area contributed by atoms with Crippen LogP contribution in [0.15, 0.2) is 39.4 Å². The van der Waals surface area contributed by atoms with Gasteiger partial charge in [-0.25, -0.2) is 14.6 Å². The van der Waals surface area contributed by atoms with Gasteiger partial charge < -0.3 is 20.1 Å². The molecule has 0 saturated carbocycles.